The number of aromatic nitrogens is 4. The summed E-state index contributed by atoms with van der Waals surface area (Å²) in [6, 6.07) is 14.1. The lowest BCUT2D eigenvalue weighted by molar-refractivity contribution is -0.311. The number of carbonyl (C=O) groups is 1. The standard InChI is InChI=1S/C19H20N4O4/c1-3-15(19(24)25)23-21-18(20-22-23)14-9-10-16(17(11-14)26-2)27-12-13-7-5-4-6-8-13/h4-11,15H,3,12H2,1-2H3,(H,24,25)/p-1/t15-/m0/s1. The summed E-state index contributed by atoms with van der Waals surface area (Å²) in [5.74, 6) is 0.150. The molecular weight excluding hydrogens is 348 g/mol. The van der Waals surface area contributed by atoms with Crippen LogP contribution in [0.2, 0.25) is 0 Å². The Morgan fingerprint density at radius 1 is 1.19 bits per heavy atom. The van der Waals surface area contributed by atoms with E-state index in [2.05, 4.69) is 15.4 Å². The van der Waals surface area contributed by atoms with Crippen LogP contribution in [-0.4, -0.2) is 33.3 Å². The number of nitrogens with zero attached hydrogens (tertiary/aromatic N) is 4. The van der Waals surface area contributed by atoms with Gasteiger partial charge in [-0.1, -0.05) is 37.3 Å². The summed E-state index contributed by atoms with van der Waals surface area (Å²) in [5, 5.41) is 23.0. The van der Waals surface area contributed by atoms with Crippen molar-refractivity contribution in [2.45, 2.75) is 26.0 Å². The Kier molecular flexibility index (Phi) is 5.65. The zero-order chi connectivity index (χ0) is 19.2. The van der Waals surface area contributed by atoms with Crippen LogP contribution in [0.1, 0.15) is 24.9 Å². The Morgan fingerprint density at radius 3 is 2.63 bits per heavy atom. The van der Waals surface area contributed by atoms with Crippen LogP contribution in [0.3, 0.4) is 0 Å². The van der Waals surface area contributed by atoms with Gasteiger partial charge >= 0.3 is 0 Å². The van der Waals surface area contributed by atoms with E-state index < -0.39 is 12.0 Å². The molecule has 0 bridgehead atoms. The fourth-order valence-electron chi connectivity index (χ4n) is 2.56. The van der Waals surface area contributed by atoms with E-state index in [1.807, 2.05) is 30.3 Å². The van der Waals surface area contributed by atoms with Crippen molar-refractivity contribution < 1.29 is 19.4 Å². The number of carboxylic acids is 1. The van der Waals surface area contributed by atoms with Crippen LogP contribution < -0.4 is 14.6 Å². The van der Waals surface area contributed by atoms with Crippen molar-refractivity contribution in [2.24, 2.45) is 0 Å². The largest absolute Gasteiger partial charge is 0.548 e. The van der Waals surface area contributed by atoms with Crippen molar-refractivity contribution in [3.8, 4) is 22.9 Å². The van der Waals surface area contributed by atoms with Crippen LogP contribution in [0, 0.1) is 0 Å². The Bertz CT molecular complexity index is 911. The molecule has 0 amide bonds. The van der Waals surface area contributed by atoms with E-state index in [-0.39, 0.29) is 0 Å². The van der Waals surface area contributed by atoms with E-state index >= 15 is 0 Å². The molecule has 3 aromatic rings. The molecule has 0 saturated carbocycles. The van der Waals surface area contributed by atoms with Crippen LogP contribution in [0.4, 0.5) is 0 Å². The third-order valence-corrected chi connectivity index (χ3v) is 4.02. The van der Waals surface area contributed by atoms with E-state index in [1.54, 1.807) is 32.2 Å². The molecule has 3 rings (SSSR count). The molecule has 8 nitrogen and oxygen atoms in total. The van der Waals surface area contributed by atoms with Gasteiger partial charge in [-0.05, 0) is 35.4 Å². The Morgan fingerprint density at radius 2 is 1.96 bits per heavy atom. The van der Waals surface area contributed by atoms with Crippen LogP contribution in [0.5, 0.6) is 11.5 Å². The highest BCUT2D eigenvalue weighted by Gasteiger charge is 2.16. The van der Waals surface area contributed by atoms with E-state index in [1.165, 1.54) is 0 Å². The van der Waals surface area contributed by atoms with E-state index in [0.717, 1.165) is 10.4 Å². The van der Waals surface area contributed by atoms with E-state index in [0.29, 0.717) is 35.9 Å². The van der Waals surface area contributed by atoms with Gasteiger partial charge in [0.2, 0.25) is 5.82 Å². The normalized spacial score (nSPS) is 11.8. The number of hydrogen-bond acceptors (Lipinski definition) is 7. The van der Waals surface area contributed by atoms with Gasteiger partial charge in [0.05, 0.1) is 13.1 Å². The molecule has 0 fully saturated rings. The monoisotopic (exact) mass is 367 g/mol. The third-order valence-electron chi connectivity index (χ3n) is 4.02. The van der Waals surface area contributed by atoms with Crippen LogP contribution in [-0.2, 0) is 11.4 Å². The molecule has 0 aliphatic heterocycles. The van der Waals surface area contributed by atoms with Crippen LogP contribution >= 0.6 is 0 Å². The third kappa shape index (κ3) is 4.22. The number of aliphatic carboxylic acids is 1. The molecule has 8 heteroatoms. The fourth-order valence-corrected chi connectivity index (χ4v) is 2.56. The average molecular weight is 367 g/mol. The molecule has 140 valence electrons. The van der Waals surface area contributed by atoms with Crippen molar-refractivity contribution in [3.63, 3.8) is 0 Å². The van der Waals surface area contributed by atoms with Gasteiger partial charge < -0.3 is 19.4 Å². The SMILES string of the molecule is CC[C@@H](C(=O)[O-])n1nnc(-c2ccc(OCc3ccccc3)c(OC)c2)n1. The van der Waals surface area contributed by atoms with Gasteiger partial charge in [0.25, 0.3) is 0 Å². The lowest BCUT2D eigenvalue weighted by Crippen LogP contribution is -2.34. The molecule has 0 saturated heterocycles. The summed E-state index contributed by atoms with van der Waals surface area (Å²) in [6.45, 7) is 2.13. The maximum Gasteiger partial charge on any atom is 0.205 e. The van der Waals surface area contributed by atoms with Gasteiger partial charge in [-0.2, -0.15) is 4.80 Å². The number of methoxy groups -OCH3 is 1. The zero-order valence-electron chi connectivity index (χ0n) is 15.0. The lowest BCUT2D eigenvalue weighted by Gasteiger charge is -2.13. The average Bonchev–Trinajstić information content (AvgIpc) is 3.17. The molecule has 1 atom stereocenters. The van der Waals surface area contributed by atoms with Crippen LogP contribution in [0.15, 0.2) is 48.5 Å². The summed E-state index contributed by atoms with van der Waals surface area (Å²) in [4.78, 5) is 12.2. The summed E-state index contributed by atoms with van der Waals surface area (Å²) in [7, 11) is 1.54. The molecule has 0 aliphatic carbocycles. The van der Waals surface area contributed by atoms with E-state index in [9.17, 15) is 9.90 Å². The first-order chi connectivity index (χ1) is 13.1. The second-order valence-corrected chi connectivity index (χ2v) is 5.82. The summed E-state index contributed by atoms with van der Waals surface area (Å²) < 4.78 is 11.2. The predicted octanol–water partition coefficient (Wildman–Crippen LogP) is 1.63. The molecule has 27 heavy (non-hydrogen) atoms. The van der Waals surface area contributed by atoms with Gasteiger partial charge in [0.1, 0.15) is 12.6 Å². The second kappa shape index (κ2) is 8.31. The van der Waals surface area contributed by atoms with Crippen molar-refractivity contribution in [2.75, 3.05) is 7.11 Å². The molecule has 0 aliphatic rings. The highest BCUT2D eigenvalue weighted by molar-refractivity contribution is 5.69. The van der Waals surface area contributed by atoms with Crippen molar-refractivity contribution >= 4 is 5.97 Å². The van der Waals surface area contributed by atoms with Crippen molar-refractivity contribution in [3.05, 3.63) is 54.1 Å². The predicted molar refractivity (Wildman–Crippen MR) is 94.9 cm³/mol. The molecule has 1 heterocycles. The maximum absolute atomic E-state index is 11.1. The summed E-state index contributed by atoms with van der Waals surface area (Å²) >= 11 is 0. The second-order valence-electron chi connectivity index (χ2n) is 5.82. The molecule has 0 spiro atoms. The highest BCUT2D eigenvalue weighted by Crippen LogP contribution is 2.32. The topological polar surface area (TPSA) is 102 Å². The Balaban J connectivity index is 1.80. The number of tetrazole rings is 1. The smallest absolute Gasteiger partial charge is 0.205 e. The summed E-state index contributed by atoms with van der Waals surface area (Å²) in [6.07, 6.45) is 0.299. The first-order valence-electron chi connectivity index (χ1n) is 8.48. The van der Waals surface area contributed by atoms with Crippen LogP contribution in [0.25, 0.3) is 11.4 Å². The number of benzene rings is 2. The molecule has 2 aromatic carbocycles. The van der Waals surface area contributed by atoms with Gasteiger partial charge in [0.15, 0.2) is 11.5 Å². The number of carboxylic acid groups (broad SMARTS) is 1. The molecular formula is C19H19N4O4-. The first-order valence-corrected chi connectivity index (χ1v) is 8.48. The first kappa shape index (κ1) is 18.4. The lowest BCUT2D eigenvalue weighted by atomic mass is 10.2. The van der Waals surface area contributed by atoms with Crippen molar-refractivity contribution in [1.29, 1.82) is 0 Å². The molecule has 0 radical (unpaired) electrons. The minimum Gasteiger partial charge on any atom is -0.548 e. The Hall–Kier alpha value is -3.42. The molecule has 0 unspecified atom stereocenters. The Labute approximate surface area is 156 Å². The number of carbonyl (C=O) groups excluding carboxylic acids is 1. The van der Waals surface area contributed by atoms with Gasteiger partial charge in [-0.3, -0.25) is 0 Å². The van der Waals surface area contributed by atoms with E-state index in [4.69, 9.17) is 9.47 Å². The molecule has 1 aromatic heterocycles. The van der Waals surface area contributed by atoms with Gasteiger partial charge in [0, 0.05) is 5.56 Å². The van der Waals surface area contributed by atoms with Gasteiger partial charge in [-0.15, -0.1) is 10.2 Å². The zero-order valence-corrected chi connectivity index (χ0v) is 15.0. The molecule has 0 N–H and O–H groups in total. The minimum absolute atomic E-state index is 0.294. The highest BCUT2D eigenvalue weighted by atomic mass is 16.5. The number of rotatable bonds is 8. The minimum atomic E-state index is -1.25. The van der Waals surface area contributed by atoms with Gasteiger partial charge in [-0.25, -0.2) is 0 Å². The number of ether oxygens (including phenoxy) is 2. The maximum atomic E-state index is 11.1. The summed E-state index contributed by atoms with van der Waals surface area (Å²) in [5.41, 5.74) is 1.68. The quantitative estimate of drug-likeness (QED) is 0.596. The number of hydrogen-bond donors (Lipinski definition) is 0. The van der Waals surface area contributed by atoms with Crippen molar-refractivity contribution in [1.82, 2.24) is 20.2 Å². The fraction of sp³-hybridized carbons (Fsp3) is 0.263.